The molecular formula is C12H8ClN3O2S. The highest BCUT2D eigenvalue weighted by molar-refractivity contribution is 7.92. The van der Waals surface area contributed by atoms with Crippen LogP contribution in [-0.2, 0) is 10.0 Å². The van der Waals surface area contributed by atoms with Crippen molar-refractivity contribution >= 4 is 27.3 Å². The van der Waals surface area contributed by atoms with Gasteiger partial charge in [0.2, 0.25) is 0 Å². The predicted octanol–water partition coefficient (Wildman–Crippen LogP) is 2.41. The number of hydrogen-bond donors (Lipinski definition) is 1. The van der Waals surface area contributed by atoms with Crippen molar-refractivity contribution in [1.82, 2.24) is 4.98 Å². The Morgan fingerprint density at radius 1 is 1.21 bits per heavy atom. The highest BCUT2D eigenvalue weighted by Gasteiger charge is 2.18. The lowest BCUT2D eigenvalue weighted by atomic mass is 10.2. The van der Waals surface area contributed by atoms with E-state index < -0.39 is 10.0 Å². The van der Waals surface area contributed by atoms with Gasteiger partial charge in [-0.25, -0.2) is 8.42 Å². The van der Waals surface area contributed by atoms with E-state index in [4.69, 9.17) is 16.9 Å². The van der Waals surface area contributed by atoms with Crippen LogP contribution in [0.1, 0.15) is 5.56 Å². The van der Waals surface area contributed by atoms with E-state index in [1.54, 1.807) is 0 Å². The van der Waals surface area contributed by atoms with Gasteiger partial charge in [0, 0.05) is 12.4 Å². The van der Waals surface area contributed by atoms with E-state index in [1.165, 1.54) is 42.7 Å². The molecule has 1 heterocycles. The third-order valence-corrected chi connectivity index (χ3v) is 4.15. The fourth-order valence-corrected chi connectivity index (χ4v) is 3.02. The first-order valence-electron chi connectivity index (χ1n) is 5.15. The number of rotatable bonds is 3. The second-order valence-corrected chi connectivity index (χ2v) is 5.66. The number of pyridine rings is 1. The second-order valence-electron chi connectivity index (χ2n) is 3.60. The van der Waals surface area contributed by atoms with E-state index in [0.717, 1.165) is 0 Å². The topological polar surface area (TPSA) is 82.8 Å². The van der Waals surface area contributed by atoms with Crippen molar-refractivity contribution in [3.05, 3.63) is 53.3 Å². The second kappa shape index (κ2) is 5.26. The molecule has 0 bridgehead atoms. The summed E-state index contributed by atoms with van der Waals surface area (Å²) < 4.78 is 26.6. The molecule has 2 rings (SSSR count). The van der Waals surface area contributed by atoms with Crippen LogP contribution in [0, 0.1) is 11.3 Å². The number of nitrogens with one attached hydrogen (secondary N) is 1. The minimum atomic E-state index is -3.79. The predicted molar refractivity (Wildman–Crippen MR) is 71.2 cm³/mol. The summed E-state index contributed by atoms with van der Waals surface area (Å²) in [6, 6.07) is 8.93. The number of anilines is 1. The summed E-state index contributed by atoms with van der Waals surface area (Å²) in [6.07, 6.45) is 2.94. The average molecular weight is 294 g/mol. The van der Waals surface area contributed by atoms with Gasteiger partial charge in [-0.1, -0.05) is 11.6 Å². The van der Waals surface area contributed by atoms with Crippen LogP contribution >= 0.6 is 11.6 Å². The first-order valence-corrected chi connectivity index (χ1v) is 7.01. The summed E-state index contributed by atoms with van der Waals surface area (Å²) >= 11 is 5.88. The van der Waals surface area contributed by atoms with Crippen molar-refractivity contribution in [2.45, 2.75) is 4.90 Å². The lowest BCUT2D eigenvalue weighted by molar-refractivity contribution is 0.601. The Morgan fingerprint density at radius 3 is 2.47 bits per heavy atom. The Kier molecular flexibility index (Phi) is 3.69. The van der Waals surface area contributed by atoms with Crippen molar-refractivity contribution in [3.63, 3.8) is 0 Å². The molecule has 0 fully saturated rings. The van der Waals surface area contributed by atoms with E-state index in [1.807, 2.05) is 6.07 Å². The van der Waals surface area contributed by atoms with Crippen molar-refractivity contribution in [1.29, 1.82) is 5.26 Å². The van der Waals surface area contributed by atoms with Crippen LogP contribution in [0.25, 0.3) is 0 Å². The van der Waals surface area contributed by atoms with Gasteiger partial charge in [-0.15, -0.1) is 0 Å². The number of aromatic nitrogens is 1. The molecule has 7 heteroatoms. The summed E-state index contributed by atoms with van der Waals surface area (Å²) in [5, 5.41) is 8.71. The van der Waals surface area contributed by atoms with E-state index in [0.29, 0.717) is 11.3 Å². The molecule has 0 saturated heterocycles. The summed E-state index contributed by atoms with van der Waals surface area (Å²) in [7, 11) is -3.79. The van der Waals surface area contributed by atoms with E-state index in [2.05, 4.69) is 9.71 Å². The lowest BCUT2D eigenvalue weighted by Crippen LogP contribution is -2.13. The number of sulfonamides is 1. The third kappa shape index (κ3) is 3.02. The summed E-state index contributed by atoms with van der Waals surface area (Å²) in [6.45, 7) is 0. The number of halogens is 1. The fraction of sp³-hybridized carbons (Fsp3) is 0. The van der Waals surface area contributed by atoms with Gasteiger partial charge >= 0.3 is 0 Å². The molecule has 0 aliphatic rings. The largest absolute Gasteiger partial charge is 0.279 e. The van der Waals surface area contributed by atoms with Gasteiger partial charge in [-0.2, -0.15) is 5.26 Å². The fourth-order valence-electron chi connectivity index (χ4n) is 1.42. The third-order valence-electron chi connectivity index (χ3n) is 2.28. The van der Waals surface area contributed by atoms with Gasteiger partial charge in [0.15, 0.2) is 0 Å². The summed E-state index contributed by atoms with van der Waals surface area (Å²) in [4.78, 5) is 3.71. The van der Waals surface area contributed by atoms with Crippen LogP contribution < -0.4 is 4.72 Å². The van der Waals surface area contributed by atoms with Crippen molar-refractivity contribution in [3.8, 4) is 6.07 Å². The summed E-state index contributed by atoms with van der Waals surface area (Å²) in [5.74, 6) is 0. The van der Waals surface area contributed by atoms with E-state index in [9.17, 15) is 8.42 Å². The van der Waals surface area contributed by atoms with Gasteiger partial charge < -0.3 is 0 Å². The first kappa shape index (κ1) is 13.3. The van der Waals surface area contributed by atoms with E-state index in [-0.39, 0.29) is 9.92 Å². The zero-order valence-electron chi connectivity index (χ0n) is 9.54. The highest BCUT2D eigenvalue weighted by Crippen LogP contribution is 2.24. The SMILES string of the molecule is N#Cc1ccc(S(=O)(=O)Nc2ccncc2)c(Cl)c1. The first-order chi connectivity index (χ1) is 9.03. The van der Waals surface area contributed by atoms with Crippen LogP contribution in [0.5, 0.6) is 0 Å². The number of nitriles is 1. The van der Waals surface area contributed by atoms with Crippen molar-refractivity contribution in [2.24, 2.45) is 0 Å². The molecule has 0 amide bonds. The number of benzene rings is 1. The normalized spacial score (nSPS) is 10.7. The molecule has 0 aliphatic carbocycles. The highest BCUT2D eigenvalue weighted by atomic mass is 35.5. The molecule has 96 valence electrons. The molecule has 0 saturated carbocycles. The Labute approximate surface area is 115 Å². The van der Waals surface area contributed by atoms with Gasteiger partial charge in [-0.3, -0.25) is 9.71 Å². The molecule has 1 N–H and O–H groups in total. The number of hydrogen-bond acceptors (Lipinski definition) is 4. The van der Waals surface area contributed by atoms with Gasteiger partial charge in [0.05, 0.1) is 22.3 Å². The van der Waals surface area contributed by atoms with Crippen LogP contribution in [0.15, 0.2) is 47.6 Å². The van der Waals surface area contributed by atoms with Crippen molar-refractivity contribution in [2.75, 3.05) is 4.72 Å². The average Bonchev–Trinajstić information content (AvgIpc) is 2.38. The molecule has 5 nitrogen and oxygen atoms in total. The minimum absolute atomic E-state index is 0.000561. The Bertz CT molecular complexity index is 739. The maximum atomic E-state index is 12.1. The lowest BCUT2D eigenvalue weighted by Gasteiger charge is -2.09. The molecule has 0 spiro atoms. The molecule has 0 radical (unpaired) electrons. The van der Waals surface area contributed by atoms with Gasteiger partial charge in [-0.05, 0) is 30.3 Å². The molecule has 0 aliphatic heterocycles. The minimum Gasteiger partial charge on any atom is -0.279 e. The quantitative estimate of drug-likeness (QED) is 0.942. The monoisotopic (exact) mass is 293 g/mol. The molecule has 1 aromatic carbocycles. The van der Waals surface area contributed by atoms with Crippen LogP contribution in [0.2, 0.25) is 5.02 Å². The molecule has 1 aromatic heterocycles. The standard InChI is InChI=1S/C12H8ClN3O2S/c13-11-7-9(8-14)1-2-12(11)19(17,18)16-10-3-5-15-6-4-10/h1-7H,(H,15,16). The molecule has 2 aromatic rings. The number of nitrogens with zero attached hydrogens (tertiary/aromatic N) is 2. The van der Waals surface area contributed by atoms with Crippen LogP contribution in [0.4, 0.5) is 5.69 Å². The summed E-state index contributed by atoms with van der Waals surface area (Å²) in [5.41, 5.74) is 0.684. The maximum Gasteiger partial charge on any atom is 0.263 e. The molecule has 19 heavy (non-hydrogen) atoms. The molecule has 0 atom stereocenters. The van der Waals surface area contributed by atoms with Crippen LogP contribution in [-0.4, -0.2) is 13.4 Å². The maximum absolute atomic E-state index is 12.1. The Morgan fingerprint density at radius 2 is 1.89 bits per heavy atom. The zero-order valence-corrected chi connectivity index (χ0v) is 11.1. The molecular weight excluding hydrogens is 286 g/mol. The van der Waals surface area contributed by atoms with Gasteiger partial charge in [0.25, 0.3) is 10.0 Å². The Hall–Kier alpha value is -2.10. The smallest absolute Gasteiger partial charge is 0.263 e. The van der Waals surface area contributed by atoms with Gasteiger partial charge in [0.1, 0.15) is 4.90 Å². The Balaban J connectivity index is 2.38. The van der Waals surface area contributed by atoms with Crippen molar-refractivity contribution < 1.29 is 8.42 Å². The zero-order chi connectivity index (χ0) is 13.9. The molecule has 0 unspecified atom stereocenters. The van der Waals surface area contributed by atoms with E-state index >= 15 is 0 Å². The van der Waals surface area contributed by atoms with Crippen LogP contribution in [0.3, 0.4) is 0 Å².